The van der Waals surface area contributed by atoms with Crippen molar-refractivity contribution in [3.63, 3.8) is 0 Å². The van der Waals surface area contributed by atoms with E-state index < -0.39 is 0 Å². The maximum Gasteiger partial charge on any atom is 0.244 e. The van der Waals surface area contributed by atoms with Crippen LogP contribution in [0.2, 0.25) is 5.02 Å². The normalized spacial score (nSPS) is 13.3. The number of aryl methyl sites for hydroxylation is 1. The second-order valence-electron chi connectivity index (χ2n) is 7.10. The van der Waals surface area contributed by atoms with Crippen molar-refractivity contribution in [1.82, 2.24) is 0 Å². The number of aliphatic imine (C=N–C) groups is 1. The molecule has 0 bridgehead atoms. The van der Waals surface area contributed by atoms with Crippen molar-refractivity contribution >= 4 is 46.2 Å². The molecule has 3 aromatic carbocycles. The topological polar surface area (TPSA) is 61.8 Å². The standard InChI is InChI=1S/C24H20ClN3O2/c1-16-11-12-19(18(25)13-16)27-23(29)15-28-22-10-6-5-9-20(22)26-21(14-24(28)30)17-7-3-2-4-8-17/h2-13H,14-15H2,1H3,(H,27,29). The summed E-state index contributed by atoms with van der Waals surface area (Å²) < 4.78 is 0. The van der Waals surface area contributed by atoms with E-state index in [9.17, 15) is 9.59 Å². The van der Waals surface area contributed by atoms with Crippen molar-refractivity contribution in [3.8, 4) is 0 Å². The Morgan fingerprint density at radius 3 is 2.57 bits per heavy atom. The lowest BCUT2D eigenvalue weighted by Crippen LogP contribution is -2.38. The van der Waals surface area contributed by atoms with Gasteiger partial charge in [0.1, 0.15) is 6.54 Å². The Bertz CT molecular complexity index is 1140. The molecule has 0 aliphatic carbocycles. The number of nitrogens with one attached hydrogen (secondary N) is 1. The molecule has 0 aromatic heterocycles. The van der Waals surface area contributed by atoms with E-state index in [4.69, 9.17) is 16.6 Å². The number of hydrogen-bond donors (Lipinski definition) is 1. The van der Waals surface area contributed by atoms with Gasteiger partial charge in [-0.05, 0) is 42.3 Å². The number of halogens is 1. The number of nitrogens with zero attached hydrogens (tertiary/aromatic N) is 2. The third kappa shape index (κ3) is 4.26. The highest BCUT2D eigenvalue weighted by molar-refractivity contribution is 6.33. The van der Waals surface area contributed by atoms with E-state index in [0.29, 0.717) is 27.8 Å². The predicted molar refractivity (Wildman–Crippen MR) is 121 cm³/mol. The lowest BCUT2D eigenvalue weighted by Gasteiger charge is -2.22. The predicted octanol–water partition coefficient (Wildman–Crippen LogP) is 5.14. The van der Waals surface area contributed by atoms with Crippen molar-refractivity contribution in [2.45, 2.75) is 13.3 Å². The van der Waals surface area contributed by atoms with Crippen molar-refractivity contribution < 1.29 is 9.59 Å². The van der Waals surface area contributed by atoms with E-state index in [1.807, 2.05) is 61.5 Å². The number of carbonyl (C=O) groups excluding carboxylic acids is 2. The highest BCUT2D eigenvalue weighted by Crippen LogP contribution is 2.33. The summed E-state index contributed by atoms with van der Waals surface area (Å²) in [6, 6.07) is 22.3. The van der Waals surface area contributed by atoms with Crippen LogP contribution < -0.4 is 10.2 Å². The molecule has 0 spiro atoms. The minimum Gasteiger partial charge on any atom is -0.323 e. The van der Waals surface area contributed by atoms with Gasteiger partial charge < -0.3 is 10.2 Å². The van der Waals surface area contributed by atoms with Crippen LogP contribution in [0.5, 0.6) is 0 Å². The molecule has 150 valence electrons. The van der Waals surface area contributed by atoms with Crippen LogP contribution in [0.1, 0.15) is 17.5 Å². The first-order chi connectivity index (χ1) is 14.5. The second kappa shape index (κ2) is 8.51. The monoisotopic (exact) mass is 417 g/mol. The number of para-hydroxylation sites is 2. The smallest absolute Gasteiger partial charge is 0.244 e. The molecule has 0 fully saturated rings. The summed E-state index contributed by atoms with van der Waals surface area (Å²) in [7, 11) is 0. The van der Waals surface area contributed by atoms with Gasteiger partial charge in [0, 0.05) is 0 Å². The first-order valence-electron chi connectivity index (χ1n) is 9.59. The average Bonchev–Trinajstić information content (AvgIpc) is 2.88. The molecule has 2 amide bonds. The number of carbonyl (C=O) groups is 2. The highest BCUT2D eigenvalue weighted by Gasteiger charge is 2.26. The van der Waals surface area contributed by atoms with Crippen molar-refractivity contribution in [1.29, 1.82) is 0 Å². The summed E-state index contributed by atoms with van der Waals surface area (Å²) in [6.07, 6.45) is 0.108. The van der Waals surface area contributed by atoms with E-state index in [-0.39, 0.29) is 24.8 Å². The summed E-state index contributed by atoms with van der Waals surface area (Å²) in [5.41, 5.74) is 4.35. The van der Waals surface area contributed by atoms with Gasteiger partial charge in [-0.1, -0.05) is 60.1 Å². The summed E-state index contributed by atoms with van der Waals surface area (Å²) in [5, 5.41) is 3.26. The molecular weight excluding hydrogens is 398 g/mol. The van der Waals surface area contributed by atoms with Gasteiger partial charge in [0.15, 0.2) is 0 Å². The average molecular weight is 418 g/mol. The SMILES string of the molecule is Cc1ccc(NC(=O)CN2C(=O)CC(c3ccccc3)=Nc3ccccc32)c(Cl)c1. The van der Waals surface area contributed by atoms with Gasteiger partial charge in [0.2, 0.25) is 11.8 Å². The zero-order valence-electron chi connectivity index (χ0n) is 16.4. The van der Waals surface area contributed by atoms with E-state index in [2.05, 4.69) is 5.32 Å². The number of benzene rings is 3. The molecule has 6 heteroatoms. The molecule has 3 aromatic rings. The van der Waals surface area contributed by atoms with E-state index in [1.54, 1.807) is 18.2 Å². The Hall–Kier alpha value is -3.44. The molecular formula is C24H20ClN3O2. The molecule has 0 saturated carbocycles. The quantitative estimate of drug-likeness (QED) is 0.638. The molecule has 0 radical (unpaired) electrons. The molecule has 0 unspecified atom stereocenters. The van der Waals surface area contributed by atoms with Gasteiger partial charge in [0.25, 0.3) is 0 Å². The first kappa shape index (κ1) is 19.9. The molecule has 1 aliphatic rings. The molecule has 1 heterocycles. The van der Waals surface area contributed by atoms with Crippen molar-refractivity contribution in [3.05, 3.63) is 88.9 Å². The van der Waals surface area contributed by atoms with Crippen molar-refractivity contribution in [2.24, 2.45) is 4.99 Å². The lowest BCUT2D eigenvalue weighted by atomic mass is 10.1. The fourth-order valence-corrected chi connectivity index (χ4v) is 3.65. The van der Waals surface area contributed by atoms with Gasteiger partial charge in [-0.2, -0.15) is 0 Å². The van der Waals surface area contributed by atoms with Gasteiger partial charge in [0.05, 0.1) is 34.2 Å². The summed E-state index contributed by atoms with van der Waals surface area (Å²) in [5.74, 6) is -0.514. The maximum absolute atomic E-state index is 13.1. The molecule has 1 N–H and O–H groups in total. The second-order valence-corrected chi connectivity index (χ2v) is 7.51. The van der Waals surface area contributed by atoms with Crippen LogP contribution in [-0.4, -0.2) is 24.1 Å². The Morgan fingerprint density at radius 2 is 1.80 bits per heavy atom. The van der Waals surface area contributed by atoms with Crippen LogP contribution >= 0.6 is 11.6 Å². The minimum atomic E-state index is -0.327. The molecule has 0 atom stereocenters. The Kier molecular flexibility index (Phi) is 5.63. The van der Waals surface area contributed by atoms with Crippen LogP contribution in [0.4, 0.5) is 17.1 Å². The fraction of sp³-hybridized carbons (Fsp3) is 0.125. The van der Waals surface area contributed by atoms with Crippen LogP contribution in [0, 0.1) is 6.92 Å². The summed E-state index contributed by atoms with van der Waals surface area (Å²) >= 11 is 6.23. The van der Waals surface area contributed by atoms with E-state index in [0.717, 1.165) is 11.1 Å². The van der Waals surface area contributed by atoms with Crippen LogP contribution in [0.15, 0.2) is 77.8 Å². The van der Waals surface area contributed by atoms with Gasteiger partial charge in [-0.15, -0.1) is 0 Å². The zero-order valence-corrected chi connectivity index (χ0v) is 17.2. The first-order valence-corrected chi connectivity index (χ1v) is 9.97. The number of amides is 2. The number of anilines is 2. The van der Waals surface area contributed by atoms with Crippen LogP contribution in [0.3, 0.4) is 0 Å². The summed E-state index contributed by atoms with van der Waals surface area (Å²) in [6.45, 7) is 1.80. The van der Waals surface area contributed by atoms with E-state index in [1.165, 1.54) is 4.90 Å². The Morgan fingerprint density at radius 1 is 1.07 bits per heavy atom. The van der Waals surface area contributed by atoms with Crippen LogP contribution in [0.25, 0.3) is 0 Å². The number of rotatable bonds is 4. The molecule has 1 aliphatic heterocycles. The lowest BCUT2D eigenvalue weighted by molar-refractivity contribution is -0.120. The van der Waals surface area contributed by atoms with Crippen molar-refractivity contribution in [2.75, 3.05) is 16.8 Å². The third-order valence-electron chi connectivity index (χ3n) is 4.86. The minimum absolute atomic E-state index is 0.108. The molecule has 4 rings (SSSR count). The van der Waals surface area contributed by atoms with Crippen LogP contribution in [-0.2, 0) is 9.59 Å². The third-order valence-corrected chi connectivity index (χ3v) is 5.17. The Labute approximate surface area is 180 Å². The van der Waals surface area contributed by atoms with Gasteiger partial charge >= 0.3 is 0 Å². The number of hydrogen-bond acceptors (Lipinski definition) is 3. The number of fused-ring (bicyclic) bond motifs is 1. The molecule has 0 saturated heterocycles. The maximum atomic E-state index is 13.1. The zero-order chi connectivity index (χ0) is 21.1. The van der Waals surface area contributed by atoms with E-state index >= 15 is 0 Å². The molecule has 30 heavy (non-hydrogen) atoms. The largest absolute Gasteiger partial charge is 0.323 e. The fourth-order valence-electron chi connectivity index (χ4n) is 3.37. The molecule has 5 nitrogen and oxygen atoms in total. The van der Waals surface area contributed by atoms with Gasteiger partial charge in [-0.25, -0.2) is 0 Å². The summed E-state index contributed by atoms with van der Waals surface area (Å²) in [4.78, 5) is 32.0. The Balaban J connectivity index is 1.60. The highest BCUT2D eigenvalue weighted by atomic mass is 35.5. The van der Waals surface area contributed by atoms with Gasteiger partial charge in [-0.3, -0.25) is 14.6 Å².